The van der Waals surface area contributed by atoms with Crippen LogP contribution in [0.3, 0.4) is 0 Å². The fraction of sp³-hybridized carbons (Fsp3) is 0. The van der Waals surface area contributed by atoms with Gasteiger partial charge in [-0.2, -0.15) is 0 Å². The summed E-state index contributed by atoms with van der Waals surface area (Å²) < 4.78 is 6.81. The molecule has 0 amide bonds. The van der Waals surface area contributed by atoms with Gasteiger partial charge >= 0.3 is 288 Å². The van der Waals surface area contributed by atoms with Gasteiger partial charge in [-0.05, 0) is 0 Å². The maximum atomic E-state index is 5.28. The number of hydrogen-bond donors (Lipinski definition) is 0. The third-order valence-electron chi connectivity index (χ3n) is 10.0. The zero-order chi connectivity index (χ0) is 33.5. The second-order valence-corrected chi connectivity index (χ2v) is 15.0. The van der Waals surface area contributed by atoms with E-state index < -0.39 is 0 Å². The molecule has 5 nitrogen and oxygen atoms in total. The van der Waals surface area contributed by atoms with Gasteiger partial charge in [-0.1, -0.05) is 12.1 Å². The van der Waals surface area contributed by atoms with Gasteiger partial charge in [-0.25, -0.2) is 0 Å². The van der Waals surface area contributed by atoms with Crippen LogP contribution in [0.15, 0.2) is 164 Å². The summed E-state index contributed by atoms with van der Waals surface area (Å²) in [6.45, 7) is 0. The molecular weight excluding hydrogens is 689 g/mol. The number of fused-ring (bicyclic) bond motifs is 9. The van der Waals surface area contributed by atoms with Crippen molar-refractivity contribution in [2.24, 2.45) is 0 Å². The Hall–Kier alpha value is -6.33. The van der Waals surface area contributed by atoms with E-state index >= 15 is 0 Å². The predicted octanol–water partition coefficient (Wildman–Crippen LogP) is 10.8. The first kappa shape index (κ1) is 28.5. The van der Waals surface area contributed by atoms with Crippen LogP contribution in [0.2, 0.25) is 0 Å². The third kappa shape index (κ3) is 4.37. The van der Waals surface area contributed by atoms with Crippen molar-refractivity contribution in [3.63, 3.8) is 0 Å². The Morgan fingerprint density at radius 3 is 1.55 bits per heavy atom. The first-order valence-electron chi connectivity index (χ1n) is 17.0. The van der Waals surface area contributed by atoms with Crippen LogP contribution in [0, 0.1) is 0 Å². The Labute approximate surface area is 298 Å². The van der Waals surface area contributed by atoms with E-state index in [1.54, 1.807) is 0 Å². The Bertz CT molecular complexity index is 2920. The van der Waals surface area contributed by atoms with Gasteiger partial charge in [0.25, 0.3) is 0 Å². The molecule has 11 aromatic rings. The van der Waals surface area contributed by atoms with Gasteiger partial charge in [0.15, 0.2) is 0 Å². The molecule has 0 radical (unpaired) electrons. The number of para-hydroxylation sites is 4. The molecule has 0 spiro atoms. The SMILES string of the molecule is c1ccc(-n2c3ccccc3c3cc(-c4cnc5[se]c6ncc(-c7ccc8c(c7)c7ccccc7n8-c7ccccc7)nc6c5c4)ccc32)cc1. The van der Waals surface area contributed by atoms with Crippen LogP contribution in [0.25, 0.3) is 97.1 Å². The van der Waals surface area contributed by atoms with Crippen LogP contribution in [-0.2, 0) is 0 Å². The normalized spacial score (nSPS) is 11.9. The van der Waals surface area contributed by atoms with Crippen molar-refractivity contribution in [2.45, 2.75) is 0 Å². The van der Waals surface area contributed by atoms with Crippen molar-refractivity contribution < 1.29 is 0 Å². The average molecular weight is 717 g/mol. The fourth-order valence-corrected chi connectivity index (χ4v) is 9.63. The maximum absolute atomic E-state index is 5.28. The van der Waals surface area contributed by atoms with Crippen LogP contribution in [-0.4, -0.2) is 38.6 Å². The number of pyridine rings is 1. The monoisotopic (exact) mass is 717 g/mol. The summed E-state index contributed by atoms with van der Waals surface area (Å²) in [7, 11) is 0. The van der Waals surface area contributed by atoms with Crippen LogP contribution >= 0.6 is 0 Å². The van der Waals surface area contributed by atoms with Crippen molar-refractivity contribution in [1.29, 1.82) is 0 Å². The second kappa shape index (κ2) is 11.1. The summed E-state index contributed by atoms with van der Waals surface area (Å²) in [5.74, 6) is 0. The molecule has 6 aromatic carbocycles. The number of rotatable bonds is 4. The van der Waals surface area contributed by atoms with E-state index in [0.717, 1.165) is 53.4 Å². The number of benzene rings is 6. The Morgan fingerprint density at radius 1 is 0.392 bits per heavy atom. The van der Waals surface area contributed by atoms with E-state index in [-0.39, 0.29) is 14.5 Å². The zero-order valence-electron chi connectivity index (χ0n) is 27.2. The van der Waals surface area contributed by atoms with E-state index in [1.807, 2.05) is 12.4 Å². The third-order valence-corrected chi connectivity index (χ3v) is 12.2. The molecule has 5 aromatic heterocycles. The van der Waals surface area contributed by atoms with Crippen molar-refractivity contribution in [2.75, 3.05) is 0 Å². The molecule has 51 heavy (non-hydrogen) atoms. The first-order valence-corrected chi connectivity index (χ1v) is 18.7. The van der Waals surface area contributed by atoms with E-state index in [1.165, 1.54) is 43.6 Å². The quantitative estimate of drug-likeness (QED) is 0.170. The summed E-state index contributed by atoms with van der Waals surface area (Å²) >= 11 is 0.00878. The molecule has 11 rings (SSSR count). The van der Waals surface area contributed by atoms with Gasteiger partial charge < -0.3 is 0 Å². The molecule has 0 saturated carbocycles. The van der Waals surface area contributed by atoms with Gasteiger partial charge in [0, 0.05) is 0 Å². The Kier molecular flexibility index (Phi) is 6.20. The van der Waals surface area contributed by atoms with Crippen LogP contribution < -0.4 is 0 Å². The molecule has 6 heteroatoms. The molecule has 0 atom stereocenters. The van der Waals surface area contributed by atoms with E-state index in [4.69, 9.17) is 15.0 Å². The summed E-state index contributed by atoms with van der Waals surface area (Å²) in [6, 6.07) is 54.1. The molecule has 0 aliphatic rings. The van der Waals surface area contributed by atoms with Crippen LogP contribution in [0.5, 0.6) is 0 Å². The Morgan fingerprint density at radius 2 is 0.902 bits per heavy atom. The predicted molar refractivity (Wildman–Crippen MR) is 211 cm³/mol. The minimum atomic E-state index is 0.00878. The van der Waals surface area contributed by atoms with Crippen LogP contribution in [0.4, 0.5) is 0 Å². The molecule has 0 N–H and O–H groups in total. The van der Waals surface area contributed by atoms with E-state index in [2.05, 4.69) is 161 Å². The molecule has 0 aliphatic heterocycles. The molecule has 0 saturated heterocycles. The summed E-state index contributed by atoms with van der Waals surface area (Å²) in [4.78, 5) is 15.2. The fourth-order valence-electron chi connectivity index (χ4n) is 7.72. The summed E-state index contributed by atoms with van der Waals surface area (Å²) in [6.07, 6.45) is 3.95. The van der Waals surface area contributed by atoms with Crippen molar-refractivity contribution in [3.8, 4) is 33.8 Å². The average Bonchev–Trinajstić information content (AvgIpc) is 3.85. The number of aromatic nitrogens is 5. The van der Waals surface area contributed by atoms with Crippen molar-refractivity contribution in [1.82, 2.24) is 24.1 Å². The van der Waals surface area contributed by atoms with E-state index in [0.29, 0.717) is 0 Å². The molecular formula is C45H27N5Se. The zero-order valence-corrected chi connectivity index (χ0v) is 28.9. The minimum absolute atomic E-state index is 0.00878. The second-order valence-electron chi connectivity index (χ2n) is 12.9. The Balaban J connectivity index is 1.04. The molecule has 0 unspecified atom stereocenters. The number of hydrogen-bond acceptors (Lipinski definition) is 3. The van der Waals surface area contributed by atoms with Gasteiger partial charge in [-0.15, -0.1) is 0 Å². The van der Waals surface area contributed by atoms with Gasteiger partial charge in [0.05, 0.1) is 0 Å². The molecule has 238 valence electrons. The molecule has 0 bridgehead atoms. The van der Waals surface area contributed by atoms with Gasteiger partial charge in [-0.3, -0.25) is 0 Å². The first-order chi connectivity index (χ1) is 25.3. The van der Waals surface area contributed by atoms with Gasteiger partial charge in [0.2, 0.25) is 0 Å². The van der Waals surface area contributed by atoms with Crippen molar-refractivity contribution in [3.05, 3.63) is 164 Å². The van der Waals surface area contributed by atoms with Crippen LogP contribution in [0.1, 0.15) is 0 Å². The summed E-state index contributed by atoms with van der Waals surface area (Å²) in [5, 5.41) is 5.97. The topological polar surface area (TPSA) is 48.5 Å². The molecule has 0 fully saturated rings. The number of nitrogens with zero attached hydrogens (tertiary/aromatic N) is 5. The van der Waals surface area contributed by atoms with E-state index in [9.17, 15) is 0 Å². The van der Waals surface area contributed by atoms with Crippen molar-refractivity contribution >= 4 is 77.8 Å². The standard InChI is InChI=1S/C45H27N5Se/c1-3-11-31(12-4-1)49-39-17-9-7-15-33(39)35-23-28(19-21-41(35)49)30-25-37-43-45(51-44(37)46-26-30)47-27-38(48-43)29-20-22-42-36(24-29)34-16-8-10-18-40(34)50(42)32-13-5-2-6-14-32/h1-27H. The molecule has 5 heterocycles. The van der Waals surface area contributed by atoms with Gasteiger partial charge in [0.1, 0.15) is 0 Å². The summed E-state index contributed by atoms with van der Waals surface area (Å²) in [5.41, 5.74) is 12.2. The molecule has 0 aliphatic carbocycles.